The van der Waals surface area contributed by atoms with Crippen LogP contribution in [0.2, 0.25) is 0 Å². The zero-order chi connectivity index (χ0) is 22.1. The molecule has 1 aliphatic heterocycles. The van der Waals surface area contributed by atoms with Gasteiger partial charge in [0.05, 0.1) is 17.1 Å². The predicted octanol–water partition coefficient (Wildman–Crippen LogP) is 4.17. The Kier molecular flexibility index (Phi) is 6.65. The lowest BCUT2D eigenvalue weighted by atomic mass is 9.98. The van der Waals surface area contributed by atoms with Crippen molar-refractivity contribution in [3.63, 3.8) is 0 Å². The molecule has 1 N–H and O–H groups in total. The molecule has 0 radical (unpaired) electrons. The van der Waals surface area contributed by atoms with E-state index in [0.29, 0.717) is 18.7 Å². The van der Waals surface area contributed by atoms with Gasteiger partial charge in [-0.25, -0.2) is 8.42 Å². The smallest absolute Gasteiger partial charge is 0.255 e. The monoisotopic (exact) mass is 430 g/mol. The minimum atomic E-state index is -3.71. The van der Waals surface area contributed by atoms with Crippen LogP contribution in [0, 0.1) is 6.92 Å². The van der Waals surface area contributed by atoms with Crippen LogP contribution in [-0.2, 0) is 14.8 Å². The molecule has 0 spiro atoms. The van der Waals surface area contributed by atoms with Crippen molar-refractivity contribution in [3.8, 4) is 0 Å². The van der Waals surface area contributed by atoms with Crippen molar-refractivity contribution in [1.29, 1.82) is 0 Å². The number of carbonyl (C=O) groups excluding carboxylic acids is 1. The molecule has 2 atom stereocenters. The fourth-order valence-electron chi connectivity index (χ4n) is 3.80. The highest BCUT2D eigenvalue weighted by molar-refractivity contribution is 7.89. The van der Waals surface area contributed by atoms with E-state index in [1.54, 1.807) is 12.1 Å². The number of para-hydroxylation sites is 1. The maximum atomic E-state index is 13.1. The second-order valence-electron chi connectivity index (χ2n) is 8.26. The molecule has 1 aliphatic rings. The molecule has 0 saturated carbocycles. The molecule has 0 aliphatic carbocycles. The lowest BCUT2D eigenvalue weighted by Crippen LogP contribution is -2.48. The molecule has 0 bridgehead atoms. The average molecular weight is 431 g/mol. The first-order valence-electron chi connectivity index (χ1n) is 10.3. The molecule has 1 fully saturated rings. The number of nitrogens with one attached hydrogen (secondary N) is 1. The minimum absolute atomic E-state index is 0.116. The first-order valence-corrected chi connectivity index (χ1v) is 11.7. The molecule has 1 heterocycles. The van der Waals surface area contributed by atoms with Crippen molar-refractivity contribution in [2.24, 2.45) is 0 Å². The van der Waals surface area contributed by atoms with E-state index in [0.717, 1.165) is 16.8 Å². The standard InChI is InChI=1S/C23H30N2O4S/c1-15(2)21-11-6-8-16(3)22(21)24-23(26)19-9-7-10-20(12-19)30(27,28)25-13-17(4)29-18(5)14-25/h6-12,15,17-18H,13-14H2,1-5H3,(H,24,26)/t17-,18+. The molecule has 7 heteroatoms. The van der Waals surface area contributed by atoms with E-state index in [9.17, 15) is 13.2 Å². The van der Waals surface area contributed by atoms with Gasteiger partial charge in [-0.15, -0.1) is 0 Å². The van der Waals surface area contributed by atoms with E-state index < -0.39 is 10.0 Å². The maximum Gasteiger partial charge on any atom is 0.255 e. The Morgan fingerprint density at radius 2 is 1.73 bits per heavy atom. The van der Waals surface area contributed by atoms with Crippen LogP contribution in [0.25, 0.3) is 0 Å². The largest absolute Gasteiger partial charge is 0.373 e. The van der Waals surface area contributed by atoms with E-state index in [4.69, 9.17) is 4.74 Å². The summed E-state index contributed by atoms with van der Waals surface area (Å²) in [6.07, 6.45) is -0.351. The van der Waals surface area contributed by atoms with Crippen LogP contribution in [0.4, 0.5) is 5.69 Å². The number of anilines is 1. The minimum Gasteiger partial charge on any atom is -0.373 e. The maximum absolute atomic E-state index is 13.1. The summed E-state index contributed by atoms with van der Waals surface area (Å²) in [5.41, 5.74) is 3.10. The van der Waals surface area contributed by atoms with Crippen molar-refractivity contribution < 1.29 is 17.9 Å². The van der Waals surface area contributed by atoms with Crippen LogP contribution in [0.1, 0.15) is 55.1 Å². The van der Waals surface area contributed by atoms with E-state index >= 15 is 0 Å². The van der Waals surface area contributed by atoms with Crippen molar-refractivity contribution in [3.05, 3.63) is 59.2 Å². The Morgan fingerprint density at radius 1 is 1.10 bits per heavy atom. The summed E-state index contributed by atoms with van der Waals surface area (Å²) in [4.78, 5) is 13.1. The van der Waals surface area contributed by atoms with Crippen molar-refractivity contribution in [1.82, 2.24) is 4.31 Å². The summed E-state index contributed by atoms with van der Waals surface area (Å²) < 4.78 is 33.4. The summed E-state index contributed by atoms with van der Waals surface area (Å²) in [5.74, 6) is -0.0795. The molecule has 1 saturated heterocycles. The van der Waals surface area contributed by atoms with Gasteiger partial charge in [0.25, 0.3) is 5.91 Å². The number of hydrogen-bond donors (Lipinski definition) is 1. The van der Waals surface area contributed by atoms with Gasteiger partial charge in [0.15, 0.2) is 0 Å². The van der Waals surface area contributed by atoms with Gasteiger partial charge in [0.2, 0.25) is 10.0 Å². The van der Waals surface area contributed by atoms with Crippen LogP contribution in [0.15, 0.2) is 47.4 Å². The van der Waals surface area contributed by atoms with Crippen LogP contribution in [0.3, 0.4) is 0 Å². The van der Waals surface area contributed by atoms with Crippen LogP contribution in [0.5, 0.6) is 0 Å². The molecule has 3 rings (SSSR count). The summed E-state index contributed by atoms with van der Waals surface area (Å²) in [5, 5.41) is 2.98. The van der Waals surface area contributed by atoms with Crippen LogP contribution in [-0.4, -0.2) is 43.9 Å². The second kappa shape index (κ2) is 8.88. The number of hydrogen-bond acceptors (Lipinski definition) is 4. The average Bonchev–Trinajstić information content (AvgIpc) is 2.68. The number of morpholine rings is 1. The van der Waals surface area contributed by atoms with Gasteiger partial charge < -0.3 is 10.1 Å². The number of carbonyl (C=O) groups is 1. The third kappa shape index (κ3) is 4.74. The number of sulfonamides is 1. The van der Waals surface area contributed by atoms with Crippen molar-refractivity contribution in [2.75, 3.05) is 18.4 Å². The predicted molar refractivity (Wildman–Crippen MR) is 118 cm³/mol. The molecular formula is C23H30N2O4S. The normalized spacial score (nSPS) is 20.3. The summed E-state index contributed by atoms with van der Waals surface area (Å²) in [7, 11) is -3.71. The Morgan fingerprint density at radius 3 is 2.37 bits per heavy atom. The fraction of sp³-hybridized carbons (Fsp3) is 0.435. The van der Waals surface area contributed by atoms with E-state index in [1.165, 1.54) is 16.4 Å². The van der Waals surface area contributed by atoms with Crippen LogP contribution >= 0.6 is 0 Å². The topological polar surface area (TPSA) is 75.7 Å². The lowest BCUT2D eigenvalue weighted by Gasteiger charge is -2.34. The van der Waals surface area contributed by atoms with Gasteiger partial charge in [-0.05, 0) is 56.0 Å². The molecule has 162 valence electrons. The van der Waals surface area contributed by atoms with Gasteiger partial charge in [-0.1, -0.05) is 38.1 Å². The molecular weight excluding hydrogens is 400 g/mol. The number of ether oxygens (including phenoxy) is 1. The highest BCUT2D eigenvalue weighted by atomic mass is 32.2. The van der Waals surface area contributed by atoms with Crippen molar-refractivity contribution >= 4 is 21.6 Å². The van der Waals surface area contributed by atoms with E-state index in [2.05, 4.69) is 19.2 Å². The summed E-state index contributed by atoms with van der Waals surface area (Å²) in [6.45, 7) is 10.4. The number of benzene rings is 2. The van der Waals surface area contributed by atoms with Gasteiger partial charge in [0, 0.05) is 24.3 Å². The van der Waals surface area contributed by atoms with E-state index in [1.807, 2.05) is 39.0 Å². The number of nitrogens with zero attached hydrogens (tertiary/aromatic N) is 1. The SMILES string of the molecule is Cc1cccc(C(C)C)c1NC(=O)c1cccc(S(=O)(=O)N2C[C@@H](C)O[C@@H](C)C2)c1. The van der Waals surface area contributed by atoms with Gasteiger partial charge in [0.1, 0.15) is 0 Å². The first-order chi connectivity index (χ1) is 14.1. The molecule has 0 aromatic heterocycles. The molecule has 2 aromatic carbocycles. The fourth-order valence-corrected chi connectivity index (χ4v) is 5.44. The first kappa shape index (κ1) is 22.5. The number of amides is 1. The molecule has 30 heavy (non-hydrogen) atoms. The van der Waals surface area contributed by atoms with E-state index in [-0.39, 0.29) is 28.9 Å². The second-order valence-corrected chi connectivity index (χ2v) is 10.2. The van der Waals surface area contributed by atoms with Crippen molar-refractivity contribution in [2.45, 2.75) is 57.6 Å². The number of rotatable bonds is 5. The third-order valence-electron chi connectivity index (χ3n) is 5.29. The Labute approximate surface area is 179 Å². The summed E-state index contributed by atoms with van der Waals surface area (Å²) in [6, 6.07) is 12.1. The molecule has 2 aromatic rings. The number of aryl methyl sites for hydroxylation is 1. The quantitative estimate of drug-likeness (QED) is 0.773. The summed E-state index contributed by atoms with van der Waals surface area (Å²) >= 11 is 0. The lowest BCUT2D eigenvalue weighted by molar-refractivity contribution is -0.0440. The Hall–Kier alpha value is -2.22. The Bertz CT molecular complexity index is 1020. The van der Waals surface area contributed by atoms with Gasteiger partial charge >= 0.3 is 0 Å². The molecule has 6 nitrogen and oxygen atoms in total. The molecule has 0 unspecified atom stereocenters. The Balaban J connectivity index is 1.88. The highest BCUT2D eigenvalue weighted by Crippen LogP contribution is 2.28. The highest BCUT2D eigenvalue weighted by Gasteiger charge is 2.32. The van der Waals surface area contributed by atoms with Gasteiger partial charge in [-0.2, -0.15) is 4.31 Å². The molecule has 1 amide bonds. The third-order valence-corrected chi connectivity index (χ3v) is 7.11. The van der Waals surface area contributed by atoms with Gasteiger partial charge in [-0.3, -0.25) is 4.79 Å². The zero-order valence-electron chi connectivity index (χ0n) is 18.2. The zero-order valence-corrected chi connectivity index (χ0v) is 19.0. The van der Waals surface area contributed by atoms with Crippen LogP contribution < -0.4 is 5.32 Å².